The van der Waals surface area contributed by atoms with E-state index in [1.807, 2.05) is 0 Å². The third kappa shape index (κ3) is 3.26. The summed E-state index contributed by atoms with van der Waals surface area (Å²) in [5.41, 5.74) is 0.590. The van der Waals surface area contributed by atoms with Gasteiger partial charge in [-0.3, -0.25) is 4.79 Å². The van der Waals surface area contributed by atoms with Gasteiger partial charge >= 0.3 is 11.9 Å². The van der Waals surface area contributed by atoms with Crippen LogP contribution in [0.25, 0.3) is 0 Å². The zero-order valence-corrected chi connectivity index (χ0v) is 8.99. The highest BCUT2D eigenvalue weighted by Crippen LogP contribution is 2.15. The molecule has 1 N–H and O–H groups in total. The van der Waals surface area contributed by atoms with Gasteiger partial charge in [-0.1, -0.05) is 0 Å². The molecular formula is C10H10N2O5. The molecule has 0 unspecified atom stereocenters. The lowest BCUT2D eigenvalue weighted by atomic mass is 10.2. The first-order valence-electron chi connectivity index (χ1n) is 4.59. The fraction of sp³-hybridized carbons (Fsp3) is 0.200. The number of rotatable bonds is 5. The molecule has 0 bridgehead atoms. The number of benzene rings is 1. The van der Waals surface area contributed by atoms with Crippen LogP contribution in [0.2, 0.25) is 0 Å². The topological polar surface area (TPSA) is 96.3 Å². The van der Waals surface area contributed by atoms with Gasteiger partial charge in [0.2, 0.25) is 0 Å². The number of carboxylic acid groups (broad SMARTS) is 1. The van der Waals surface area contributed by atoms with E-state index in [1.165, 1.54) is 31.4 Å². The Balaban J connectivity index is 2.88. The summed E-state index contributed by atoms with van der Waals surface area (Å²) in [6.07, 6.45) is 0. The molecule has 0 aliphatic rings. The molecule has 90 valence electrons. The van der Waals surface area contributed by atoms with Gasteiger partial charge in [-0.25, -0.2) is 9.80 Å². The van der Waals surface area contributed by atoms with Crippen molar-refractivity contribution in [3.05, 3.63) is 34.7 Å². The number of hydrogen-bond donors (Lipinski definition) is 1. The van der Waals surface area contributed by atoms with Crippen LogP contribution in [0.1, 0.15) is 10.4 Å². The van der Waals surface area contributed by atoms with E-state index >= 15 is 0 Å². The molecule has 0 spiro atoms. The third-order valence-electron chi connectivity index (χ3n) is 1.97. The molecular weight excluding hydrogens is 228 g/mol. The van der Waals surface area contributed by atoms with Crippen molar-refractivity contribution in [2.24, 2.45) is 5.29 Å². The second kappa shape index (κ2) is 5.59. The summed E-state index contributed by atoms with van der Waals surface area (Å²) >= 11 is 0. The Morgan fingerprint density at radius 2 is 1.94 bits per heavy atom. The number of anilines is 1. The molecule has 0 radical (unpaired) electrons. The fourth-order valence-electron chi connectivity index (χ4n) is 1.18. The average molecular weight is 238 g/mol. The predicted octanol–water partition coefficient (Wildman–Crippen LogP) is 1.05. The van der Waals surface area contributed by atoms with Gasteiger partial charge in [0.15, 0.2) is 0 Å². The maximum Gasteiger partial charge on any atom is 0.337 e. The minimum absolute atomic E-state index is 0.287. The van der Waals surface area contributed by atoms with Crippen LogP contribution in [-0.2, 0) is 9.53 Å². The number of carbonyl (C=O) groups excluding carboxylic acids is 1. The number of esters is 1. The first kappa shape index (κ1) is 12.6. The van der Waals surface area contributed by atoms with Gasteiger partial charge in [0, 0.05) is 0 Å². The van der Waals surface area contributed by atoms with Crippen molar-refractivity contribution in [2.45, 2.75) is 0 Å². The van der Waals surface area contributed by atoms with Crippen LogP contribution >= 0.6 is 0 Å². The number of carbonyl (C=O) groups is 2. The molecule has 7 nitrogen and oxygen atoms in total. The molecule has 0 aromatic heterocycles. The molecule has 0 aliphatic heterocycles. The smallest absolute Gasteiger partial charge is 0.337 e. The Kier molecular flexibility index (Phi) is 4.15. The van der Waals surface area contributed by atoms with Crippen LogP contribution in [0.15, 0.2) is 29.6 Å². The van der Waals surface area contributed by atoms with Crippen molar-refractivity contribution in [3.8, 4) is 0 Å². The van der Waals surface area contributed by atoms with Crippen molar-refractivity contribution in [1.82, 2.24) is 0 Å². The van der Waals surface area contributed by atoms with E-state index in [4.69, 9.17) is 5.11 Å². The maximum atomic E-state index is 11.1. The standard InChI is InChI=1S/C10H10N2O5/c1-17-10(15)7-2-4-8(5-3-7)12(11-16)6-9(13)14/h2-5H,6H2,1H3,(H,13,14). The molecule has 0 heterocycles. The Morgan fingerprint density at radius 3 is 2.35 bits per heavy atom. The Hall–Kier alpha value is -2.44. The van der Waals surface area contributed by atoms with E-state index < -0.39 is 18.5 Å². The van der Waals surface area contributed by atoms with Crippen molar-refractivity contribution in [2.75, 3.05) is 18.7 Å². The predicted molar refractivity (Wildman–Crippen MR) is 58.6 cm³/mol. The first-order chi connectivity index (χ1) is 8.08. The summed E-state index contributed by atoms with van der Waals surface area (Å²) in [5.74, 6) is -1.69. The van der Waals surface area contributed by atoms with Gasteiger partial charge in [-0.15, -0.1) is 4.91 Å². The second-order valence-electron chi connectivity index (χ2n) is 3.07. The minimum atomic E-state index is -1.18. The summed E-state index contributed by atoms with van der Waals surface area (Å²) in [5, 5.41) is 11.9. The number of hydrogen-bond acceptors (Lipinski definition) is 5. The zero-order chi connectivity index (χ0) is 12.8. The lowest BCUT2D eigenvalue weighted by molar-refractivity contribution is -0.135. The van der Waals surface area contributed by atoms with Crippen molar-refractivity contribution in [3.63, 3.8) is 0 Å². The van der Waals surface area contributed by atoms with Crippen molar-refractivity contribution < 1.29 is 19.4 Å². The second-order valence-corrected chi connectivity index (χ2v) is 3.07. The molecule has 1 aromatic rings. The number of nitrogens with zero attached hydrogens (tertiary/aromatic N) is 2. The normalized spacial score (nSPS) is 9.47. The SMILES string of the molecule is COC(=O)c1ccc(N(CC(=O)O)N=O)cc1. The summed E-state index contributed by atoms with van der Waals surface area (Å²) < 4.78 is 4.50. The van der Waals surface area contributed by atoms with E-state index in [0.29, 0.717) is 5.56 Å². The monoisotopic (exact) mass is 238 g/mol. The molecule has 1 aromatic carbocycles. The largest absolute Gasteiger partial charge is 0.480 e. The minimum Gasteiger partial charge on any atom is -0.480 e. The highest BCUT2D eigenvalue weighted by atomic mass is 16.5. The van der Waals surface area contributed by atoms with Crippen LogP contribution in [0.4, 0.5) is 5.69 Å². The first-order valence-corrected chi connectivity index (χ1v) is 4.59. The van der Waals surface area contributed by atoms with Gasteiger partial charge in [-0.2, -0.15) is 0 Å². The maximum absolute atomic E-state index is 11.1. The quantitative estimate of drug-likeness (QED) is 0.467. The summed E-state index contributed by atoms with van der Waals surface area (Å²) in [4.78, 5) is 32.0. The Morgan fingerprint density at radius 1 is 1.35 bits per heavy atom. The molecule has 7 heteroatoms. The number of carboxylic acids is 1. The van der Waals surface area contributed by atoms with E-state index in [0.717, 1.165) is 5.01 Å². The Labute approximate surface area is 96.5 Å². The van der Waals surface area contributed by atoms with E-state index in [1.54, 1.807) is 0 Å². The van der Waals surface area contributed by atoms with E-state index in [9.17, 15) is 14.5 Å². The zero-order valence-electron chi connectivity index (χ0n) is 8.99. The van der Waals surface area contributed by atoms with Gasteiger partial charge in [0.05, 0.1) is 23.6 Å². The summed E-state index contributed by atoms with van der Waals surface area (Å²) in [7, 11) is 1.25. The van der Waals surface area contributed by atoms with E-state index in [-0.39, 0.29) is 5.69 Å². The van der Waals surface area contributed by atoms with E-state index in [2.05, 4.69) is 10.0 Å². The van der Waals surface area contributed by atoms with Gasteiger partial charge in [0.1, 0.15) is 6.54 Å². The number of nitroso groups, excluding NO2 is 1. The van der Waals surface area contributed by atoms with Crippen LogP contribution in [-0.4, -0.2) is 30.7 Å². The van der Waals surface area contributed by atoms with Gasteiger partial charge in [-0.05, 0) is 24.3 Å². The molecule has 0 saturated carbocycles. The average Bonchev–Trinajstić information content (AvgIpc) is 2.35. The molecule has 1 rings (SSSR count). The molecule has 0 fully saturated rings. The molecule has 0 aliphatic carbocycles. The molecule has 17 heavy (non-hydrogen) atoms. The molecule has 0 amide bonds. The number of ether oxygens (including phenoxy) is 1. The third-order valence-corrected chi connectivity index (χ3v) is 1.97. The lowest BCUT2D eigenvalue weighted by Gasteiger charge is -2.12. The van der Waals surface area contributed by atoms with Crippen LogP contribution in [0.5, 0.6) is 0 Å². The number of methoxy groups -OCH3 is 1. The van der Waals surface area contributed by atoms with Crippen molar-refractivity contribution in [1.29, 1.82) is 0 Å². The molecule has 0 atom stereocenters. The van der Waals surface area contributed by atoms with Gasteiger partial charge in [0.25, 0.3) is 0 Å². The number of aliphatic carboxylic acids is 1. The van der Waals surface area contributed by atoms with Crippen molar-refractivity contribution >= 4 is 17.6 Å². The Bertz CT molecular complexity index is 429. The van der Waals surface area contributed by atoms with Crippen LogP contribution in [0, 0.1) is 4.91 Å². The van der Waals surface area contributed by atoms with Crippen LogP contribution in [0.3, 0.4) is 0 Å². The van der Waals surface area contributed by atoms with Gasteiger partial charge < -0.3 is 9.84 Å². The fourth-order valence-corrected chi connectivity index (χ4v) is 1.18. The highest BCUT2D eigenvalue weighted by molar-refractivity contribution is 5.89. The summed E-state index contributed by atoms with van der Waals surface area (Å²) in [6, 6.07) is 5.66. The lowest BCUT2D eigenvalue weighted by Crippen LogP contribution is -2.23. The highest BCUT2D eigenvalue weighted by Gasteiger charge is 2.12. The molecule has 0 saturated heterocycles. The summed E-state index contributed by atoms with van der Waals surface area (Å²) in [6.45, 7) is -0.541. The van der Waals surface area contributed by atoms with Crippen LogP contribution < -0.4 is 5.01 Å².